The molecule has 0 fully saturated rings. The zero-order valence-electron chi connectivity index (χ0n) is 23.6. The van der Waals surface area contributed by atoms with Crippen LogP contribution in [0.5, 0.6) is 0 Å². The van der Waals surface area contributed by atoms with Gasteiger partial charge in [-0.25, -0.2) is 4.21 Å². The van der Waals surface area contributed by atoms with Gasteiger partial charge in [0.15, 0.2) is 0 Å². The fraction of sp³-hybridized carbons (Fsp3) is 0.333. The van der Waals surface area contributed by atoms with Crippen LogP contribution in [0.3, 0.4) is 0 Å². The first-order valence-electron chi connectivity index (χ1n) is 13.5. The smallest absolute Gasteiger partial charge is 0.286 e. The summed E-state index contributed by atoms with van der Waals surface area (Å²) in [5.74, 6) is -0.593. The van der Waals surface area contributed by atoms with E-state index in [1.165, 1.54) is 10.9 Å². The summed E-state index contributed by atoms with van der Waals surface area (Å²) in [6.07, 6.45) is 11.7. The number of amides is 2. The Balaban J connectivity index is 1.56. The Morgan fingerprint density at radius 3 is 2.71 bits per heavy atom. The molecule has 0 spiro atoms. The Bertz CT molecular complexity index is 1580. The zero-order valence-corrected chi connectivity index (χ0v) is 24.4. The molecule has 0 radical (unpaired) electrons. The van der Waals surface area contributed by atoms with Crippen LogP contribution in [0.15, 0.2) is 77.5 Å². The molecule has 3 aromatic rings. The molecule has 0 bridgehead atoms. The van der Waals surface area contributed by atoms with Crippen LogP contribution in [0, 0.1) is 6.92 Å². The molecule has 10 nitrogen and oxygen atoms in total. The second kappa shape index (κ2) is 13.6. The molecule has 41 heavy (non-hydrogen) atoms. The first kappa shape index (κ1) is 30.0. The number of hydrogen-bond donors (Lipinski definition) is 2. The van der Waals surface area contributed by atoms with Gasteiger partial charge in [-0.1, -0.05) is 36.4 Å². The van der Waals surface area contributed by atoms with Crippen molar-refractivity contribution < 1.29 is 18.9 Å². The normalized spacial score (nSPS) is 16.0. The van der Waals surface area contributed by atoms with Crippen molar-refractivity contribution >= 4 is 27.2 Å². The number of aliphatic hydroxyl groups excluding tert-OH is 1. The second-order valence-electron chi connectivity index (χ2n) is 10.0. The van der Waals surface area contributed by atoms with Gasteiger partial charge in [0.05, 0.1) is 32.8 Å². The molecule has 11 heteroatoms. The maximum Gasteiger partial charge on any atom is 0.286 e. The highest BCUT2D eigenvalue weighted by molar-refractivity contribution is 7.94. The zero-order chi connectivity index (χ0) is 29.4. The number of allylic oxidation sites excluding steroid dienone is 3. The number of likely N-dealkylation sites (N-methyl/N-ethyl adjacent to an activating group) is 1. The number of anilines is 1. The molecule has 2 aromatic heterocycles. The third-order valence-electron chi connectivity index (χ3n) is 6.78. The van der Waals surface area contributed by atoms with Crippen molar-refractivity contribution in [2.45, 2.75) is 25.0 Å². The minimum Gasteiger partial charge on any atom is -0.395 e. The van der Waals surface area contributed by atoms with E-state index in [0.717, 1.165) is 11.3 Å². The maximum atomic E-state index is 14.1. The topological polar surface area (TPSA) is 130 Å². The number of rotatable bonds is 11. The summed E-state index contributed by atoms with van der Waals surface area (Å²) in [7, 11) is 0.696. The molecule has 0 aliphatic heterocycles. The quantitative estimate of drug-likeness (QED) is 0.355. The summed E-state index contributed by atoms with van der Waals surface area (Å²) in [4.78, 5) is 32.3. The fourth-order valence-electron chi connectivity index (χ4n) is 4.62. The average molecular weight is 577 g/mol. The molecule has 216 valence electrons. The lowest BCUT2D eigenvalue weighted by Gasteiger charge is -2.21. The van der Waals surface area contributed by atoms with Gasteiger partial charge in [-0.15, -0.1) is 0 Å². The number of carbonyl (C=O) groups is 2. The number of nitrogens with one attached hydrogen (secondary N) is 1. The molecule has 2 atom stereocenters. The van der Waals surface area contributed by atoms with Gasteiger partial charge < -0.3 is 15.3 Å². The highest BCUT2D eigenvalue weighted by Crippen LogP contribution is 2.25. The summed E-state index contributed by atoms with van der Waals surface area (Å²) in [6, 6.07) is 10.6. The molecule has 0 saturated carbocycles. The van der Waals surface area contributed by atoms with Crippen LogP contribution >= 0.6 is 0 Å². The summed E-state index contributed by atoms with van der Waals surface area (Å²) in [5.41, 5.74) is 3.42. The van der Waals surface area contributed by atoms with Gasteiger partial charge in [0, 0.05) is 43.0 Å². The Kier molecular flexibility index (Phi) is 9.98. The van der Waals surface area contributed by atoms with Gasteiger partial charge in [-0.2, -0.15) is 9.46 Å². The Morgan fingerprint density at radius 1 is 1.17 bits per heavy atom. The Hall–Kier alpha value is -3.93. The second-order valence-corrected chi connectivity index (χ2v) is 12.6. The van der Waals surface area contributed by atoms with Gasteiger partial charge in [0.2, 0.25) is 0 Å². The first-order valence-corrected chi connectivity index (χ1v) is 15.2. The number of aliphatic hydroxyl groups is 1. The summed E-state index contributed by atoms with van der Waals surface area (Å²) in [5, 5.41) is 15.9. The fourth-order valence-corrected chi connectivity index (χ4v) is 6.83. The Morgan fingerprint density at radius 2 is 2.00 bits per heavy atom. The van der Waals surface area contributed by atoms with Crippen molar-refractivity contribution in [3.8, 4) is 11.1 Å². The molecule has 1 aliphatic rings. The van der Waals surface area contributed by atoms with Gasteiger partial charge in [-0.3, -0.25) is 19.3 Å². The van der Waals surface area contributed by atoms with Crippen LogP contribution in [0.25, 0.3) is 11.1 Å². The molecule has 1 unspecified atom stereocenters. The number of hydrogen-bond acceptors (Lipinski definition) is 7. The van der Waals surface area contributed by atoms with Crippen molar-refractivity contribution in [1.29, 1.82) is 0 Å². The number of aryl methyl sites for hydroxylation is 2. The molecule has 4 rings (SSSR count). The van der Waals surface area contributed by atoms with E-state index >= 15 is 0 Å². The third kappa shape index (κ3) is 7.84. The van der Waals surface area contributed by atoms with E-state index in [2.05, 4.69) is 19.8 Å². The standard InChI is InChI=1S/C30H36N6O4S/c1-22-17-28(36(3)33-22)30(39)32-26-10-7-9-23(19-26)24-18-25(21-31-20-24)29(38)34-41(40,27-11-5-4-6-12-27)16-8-13-35(2)14-15-37/h4-7,9-11,17-21,27,37H,8,12-16H2,1-3H3,(H,32,39)/t27?,41-/m0/s1. The maximum absolute atomic E-state index is 14.1. The van der Waals surface area contributed by atoms with Crippen LogP contribution in [0.1, 0.15) is 39.4 Å². The molecule has 0 saturated heterocycles. The average Bonchev–Trinajstić information content (AvgIpc) is 3.31. The van der Waals surface area contributed by atoms with Crippen LogP contribution < -0.4 is 5.32 Å². The van der Waals surface area contributed by atoms with Crippen molar-refractivity contribution in [3.05, 3.63) is 90.0 Å². The van der Waals surface area contributed by atoms with E-state index in [9.17, 15) is 13.8 Å². The molecule has 2 amide bonds. The largest absolute Gasteiger partial charge is 0.395 e. The van der Waals surface area contributed by atoms with Crippen LogP contribution in [0.4, 0.5) is 5.69 Å². The Labute approximate surface area is 241 Å². The van der Waals surface area contributed by atoms with Crippen LogP contribution in [-0.4, -0.2) is 78.5 Å². The predicted molar refractivity (Wildman–Crippen MR) is 161 cm³/mol. The van der Waals surface area contributed by atoms with Crippen molar-refractivity contribution in [2.24, 2.45) is 11.4 Å². The highest BCUT2D eigenvalue weighted by Gasteiger charge is 2.24. The number of carbonyl (C=O) groups excluding carboxylic acids is 2. The van der Waals surface area contributed by atoms with E-state index in [0.29, 0.717) is 42.9 Å². The molecule has 1 aromatic carbocycles. The van der Waals surface area contributed by atoms with Crippen LogP contribution in [0.2, 0.25) is 0 Å². The van der Waals surface area contributed by atoms with E-state index in [-0.39, 0.29) is 29.1 Å². The number of nitrogens with zero attached hydrogens (tertiary/aromatic N) is 5. The monoisotopic (exact) mass is 576 g/mol. The number of pyridine rings is 1. The summed E-state index contributed by atoms with van der Waals surface area (Å²) < 4.78 is 19.9. The van der Waals surface area contributed by atoms with E-state index in [1.807, 2.05) is 55.3 Å². The SMILES string of the molecule is Cc1cc(C(=O)Nc2cccc(-c3cncc(C(=O)N=[S@](=O)(CCCN(C)CCO)C4C=CC=CC4)c3)c2)n(C)n1. The number of benzene rings is 1. The predicted octanol–water partition coefficient (Wildman–Crippen LogP) is 3.85. The van der Waals surface area contributed by atoms with Gasteiger partial charge in [0.25, 0.3) is 11.8 Å². The van der Waals surface area contributed by atoms with E-state index in [1.54, 1.807) is 37.5 Å². The minimum absolute atomic E-state index is 0.0492. The van der Waals surface area contributed by atoms with Crippen molar-refractivity contribution in [3.63, 3.8) is 0 Å². The highest BCUT2D eigenvalue weighted by atomic mass is 32.2. The first-order chi connectivity index (χ1) is 19.7. The van der Waals surface area contributed by atoms with Crippen LogP contribution in [-0.2, 0) is 16.8 Å². The molecule has 2 N–H and O–H groups in total. The van der Waals surface area contributed by atoms with E-state index < -0.39 is 15.6 Å². The van der Waals surface area contributed by atoms with Gasteiger partial charge in [-0.05, 0) is 63.2 Å². The minimum atomic E-state index is -2.91. The molecular formula is C30H36N6O4S. The lowest BCUT2D eigenvalue weighted by Crippen LogP contribution is -2.28. The lowest BCUT2D eigenvalue weighted by atomic mass is 10.1. The number of aromatic nitrogens is 3. The van der Waals surface area contributed by atoms with E-state index in [4.69, 9.17) is 5.11 Å². The molecular weight excluding hydrogens is 540 g/mol. The van der Waals surface area contributed by atoms with Gasteiger partial charge in [0.1, 0.15) is 5.69 Å². The van der Waals surface area contributed by atoms with Crippen molar-refractivity contribution in [2.75, 3.05) is 37.8 Å². The van der Waals surface area contributed by atoms with Gasteiger partial charge >= 0.3 is 0 Å². The molecule has 1 aliphatic carbocycles. The van der Waals surface area contributed by atoms with Crippen molar-refractivity contribution in [1.82, 2.24) is 19.7 Å². The summed E-state index contributed by atoms with van der Waals surface area (Å²) >= 11 is 0. The molecule has 2 heterocycles. The summed E-state index contributed by atoms with van der Waals surface area (Å²) in [6.45, 7) is 3.03. The third-order valence-corrected chi connectivity index (χ3v) is 9.43. The lowest BCUT2D eigenvalue weighted by molar-refractivity contribution is 0.0999.